The molecule has 0 heterocycles. The fourth-order valence-electron chi connectivity index (χ4n) is 0.837. The predicted octanol–water partition coefficient (Wildman–Crippen LogP) is 1.60. The van der Waals surface area contributed by atoms with Gasteiger partial charge in [0.05, 0.1) is 0 Å². The van der Waals surface area contributed by atoms with Crippen molar-refractivity contribution >= 4 is 17.4 Å². The van der Waals surface area contributed by atoms with Gasteiger partial charge in [0.25, 0.3) is 0 Å². The van der Waals surface area contributed by atoms with Crippen LogP contribution >= 0.6 is 0 Å². The zero-order chi connectivity index (χ0) is 15.0. The van der Waals surface area contributed by atoms with Gasteiger partial charge >= 0.3 is 17.4 Å². The van der Waals surface area contributed by atoms with E-state index in [4.69, 9.17) is 0 Å². The Morgan fingerprint density at radius 1 is 0.632 bits per heavy atom. The van der Waals surface area contributed by atoms with Crippen LogP contribution in [0.2, 0.25) is 0 Å². The smallest absolute Gasteiger partial charge is 0.876 e. The van der Waals surface area contributed by atoms with Crippen LogP contribution in [-0.4, -0.2) is 17.4 Å². The van der Waals surface area contributed by atoms with Crippen LogP contribution in [0.1, 0.15) is 59.3 Å². The van der Waals surface area contributed by atoms with E-state index in [1.807, 2.05) is 20.8 Å². The second-order valence-electron chi connectivity index (χ2n) is 3.87. The molecule has 0 saturated heterocycles. The van der Waals surface area contributed by atoms with E-state index in [1.54, 1.807) is 0 Å². The first kappa shape index (κ1) is 26.7. The molecule has 0 unspecified atom stereocenters. The molecule has 0 N–H and O–H groups in total. The summed E-state index contributed by atoms with van der Waals surface area (Å²) in [5, 5.41) is 29.8. The second kappa shape index (κ2) is 22.3. The van der Waals surface area contributed by atoms with Crippen molar-refractivity contribution in [3.8, 4) is 0 Å². The summed E-state index contributed by atoms with van der Waals surface area (Å²) >= 11 is 0. The van der Waals surface area contributed by atoms with Gasteiger partial charge in [-0.1, -0.05) is 40.0 Å². The molecule has 0 saturated carbocycles. The summed E-state index contributed by atoms with van der Waals surface area (Å²) in [7, 11) is 0. The van der Waals surface area contributed by atoms with Gasteiger partial charge in [0, 0.05) is 0 Å². The van der Waals surface area contributed by atoms with Crippen LogP contribution in [0.5, 0.6) is 0 Å². The summed E-state index contributed by atoms with van der Waals surface area (Å²) < 4.78 is 0. The number of rotatable bonds is 6. The Balaban J connectivity index is -0.0000000865. The van der Waals surface area contributed by atoms with Gasteiger partial charge in [0.2, 0.25) is 0 Å². The first-order chi connectivity index (χ1) is 8.31. The third kappa shape index (κ3) is 59.3. The van der Waals surface area contributed by atoms with E-state index in [9.17, 15) is 15.3 Å². The molecular formula is C15H27AlO3. The molecular weight excluding hydrogens is 255 g/mol. The van der Waals surface area contributed by atoms with E-state index in [2.05, 4.69) is 19.7 Å². The van der Waals surface area contributed by atoms with Crippen molar-refractivity contribution in [1.82, 2.24) is 0 Å². The molecule has 0 spiro atoms. The van der Waals surface area contributed by atoms with Crippen molar-refractivity contribution in [2.24, 2.45) is 0 Å². The monoisotopic (exact) mass is 282 g/mol. The summed E-state index contributed by atoms with van der Waals surface area (Å²) in [4.78, 5) is 0. The Labute approximate surface area is 129 Å². The third-order valence-corrected chi connectivity index (χ3v) is 1.59. The van der Waals surface area contributed by atoms with Crippen LogP contribution < -0.4 is 15.3 Å². The molecule has 0 rings (SSSR count). The maximum absolute atomic E-state index is 9.93. The molecule has 108 valence electrons. The van der Waals surface area contributed by atoms with Gasteiger partial charge < -0.3 is 15.3 Å². The van der Waals surface area contributed by atoms with E-state index < -0.39 is 0 Å². The number of hydrogen-bond donors (Lipinski definition) is 0. The molecule has 0 aliphatic carbocycles. The van der Waals surface area contributed by atoms with Crippen molar-refractivity contribution < 1.29 is 15.3 Å². The van der Waals surface area contributed by atoms with E-state index in [1.165, 1.54) is 0 Å². The predicted molar refractivity (Wildman–Crippen MR) is 77.9 cm³/mol. The van der Waals surface area contributed by atoms with E-state index in [0.717, 1.165) is 19.3 Å². The quantitative estimate of drug-likeness (QED) is 0.549. The van der Waals surface area contributed by atoms with Crippen LogP contribution in [0.25, 0.3) is 0 Å². The molecule has 0 atom stereocenters. The average molecular weight is 282 g/mol. The minimum absolute atomic E-state index is 0. The Bertz CT molecular complexity index is 187. The van der Waals surface area contributed by atoms with E-state index in [0.29, 0.717) is 19.3 Å². The Hall–Kier alpha value is -0.848. The minimum Gasteiger partial charge on any atom is -0.876 e. The maximum Gasteiger partial charge on any atom is 3.00 e. The first-order valence-corrected chi connectivity index (χ1v) is 6.36. The second-order valence-corrected chi connectivity index (χ2v) is 3.87. The largest absolute Gasteiger partial charge is 3.00 e. The van der Waals surface area contributed by atoms with Crippen LogP contribution in [0, 0.1) is 0 Å². The fraction of sp³-hybridized carbons (Fsp3) is 0.600. The van der Waals surface area contributed by atoms with Gasteiger partial charge in [0.1, 0.15) is 0 Å². The van der Waals surface area contributed by atoms with Gasteiger partial charge in [-0.3, -0.25) is 0 Å². The molecule has 0 aliphatic heterocycles. The Morgan fingerprint density at radius 3 is 0.789 bits per heavy atom. The molecule has 3 nitrogen and oxygen atoms in total. The van der Waals surface area contributed by atoms with E-state index in [-0.39, 0.29) is 34.6 Å². The number of hydrogen-bond acceptors (Lipinski definition) is 3. The van der Waals surface area contributed by atoms with Crippen molar-refractivity contribution in [1.29, 1.82) is 0 Å². The summed E-state index contributed by atoms with van der Waals surface area (Å²) in [5.74, 6) is 0.118. The SMILES string of the molecule is C=C([O-])CCC.C=C([O-])CCC.C=C([O-])CCC.[Al+3]. The molecule has 4 heteroatoms. The molecule has 0 aliphatic rings. The average Bonchev–Trinajstić information content (AvgIpc) is 2.18. The molecule has 0 aromatic carbocycles. The summed E-state index contributed by atoms with van der Waals surface area (Å²) in [6, 6.07) is 0. The Morgan fingerprint density at radius 2 is 0.789 bits per heavy atom. The van der Waals surface area contributed by atoms with Crippen LogP contribution in [0.4, 0.5) is 0 Å². The molecule has 0 amide bonds. The van der Waals surface area contributed by atoms with Crippen molar-refractivity contribution in [2.45, 2.75) is 59.3 Å². The molecule has 0 fully saturated rings. The topological polar surface area (TPSA) is 69.2 Å². The van der Waals surface area contributed by atoms with Gasteiger partial charge in [0.15, 0.2) is 0 Å². The molecule has 19 heavy (non-hydrogen) atoms. The standard InChI is InChI=1S/3C5H10O.Al/c3*1-3-4-5(2)6;/h3*6H,2-4H2,1H3;/q;;;+3/p-3. The van der Waals surface area contributed by atoms with Gasteiger partial charge in [-0.25, -0.2) is 0 Å². The normalized spacial score (nSPS) is 7.74. The summed E-state index contributed by atoms with van der Waals surface area (Å²) in [6.07, 6.45) is 4.63. The van der Waals surface area contributed by atoms with E-state index >= 15 is 0 Å². The van der Waals surface area contributed by atoms with Crippen LogP contribution in [-0.2, 0) is 0 Å². The maximum atomic E-state index is 9.93. The van der Waals surface area contributed by atoms with Crippen molar-refractivity contribution in [2.75, 3.05) is 0 Å². The minimum atomic E-state index is 0. The van der Waals surface area contributed by atoms with Crippen LogP contribution in [0.3, 0.4) is 0 Å². The van der Waals surface area contributed by atoms with Crippen molar-refractivity contribution in [3.63, 3.8) is 0 Å². The Kier molecular flexibility index (Phi) is 31.4. The van der Waals surface area contributed by atoms with Gasteiger partial charge in [-0.15, -0.1) is 37.0 Å². The van der Waals surface area contributed by atoms with Crippen molar-refractivity contribution in [3.05, 3.63) is 37.0 Å². The fourth-order valence-corrected chi connectivity index (χ4v) is 0.837. The number of allylic oxidation sites excluding steroid dienone is 3. The van der Waals surface area contributed by atoms with Gasteiger partial charge in [-0.2, -0.15) is 0 Å². The summed E-state index contributed by atoms with van der Waals surface area (Å²) in [6.45, 7) is 15.5. The summed E-state index contributed by atoms with van der Waals surface area (Å²) in [5.41, 5.74) is 0. The first-order valence-electron chi connectivity index (χ1n) is 6.36. The zero-order valence-corrected chi connectivity index (χ0v) is 13.8. The molecule has 0 bridgehead atoms. The zero-order valence-electron chi connectivity index (χ0n) is 12.7. The molecule has 0 aromatic rings. The van der Waals surface area contributed by atoms with Gasteiger partial charge in [-0.05, 0) is 19.3 Å². The molecule has 0 aromatic heterocycles. The van der Waals surface area contributed by atoms with Crippen LogP contribution in [0.15, 0.2) is 37.0 Å². The molecule has 0 radical (unpaired) electrons. The third-order valence-electron chi connectivity index (χ3n) is 1.59.